The van der Waals surface area contributed by atoms with E-state index in [4.69, 9.17) is 5.84 Å². The first-order chi connectivity index (χ1) is 10.3. The maximum atomic E-state index is 5.59. The minimum atomic E-state index is 0. The molecule has 0 saturated carbocycles. The lowest BCUT2D eigenvalue weighted by molar-refractivity contribution is 0.336. The third-order valence-electron chi connectivity index (χ3n) is 4.36. The number of nitrogens with zero attached hydrogens (tertiary/aromatic N) is 1. The van der Waals surface area contributed by atoms with Gasteiger partial charge in [-0.2, -0.15) is 0 Å². The molecule has 0 rings (SSSR count). The molecule has 0 aliphatic rings. The second-order valence-corrected chi connectivity index (χ2v) is 6.78. The summed E-state index contributed by atoms with van der Waals surface area (Å²) in [5.74, 6) is 5.59. The molecule has 0 aliphatic carbocycles. The standard InChI is InChI=1S/C19H42N2.ClH/c1-3-4-5-6-7-8-9-10-11-12-13-14-15-16-17-18-19-21(2)20;/h3-20H2,1-2H3;1H. The molecule has 0 bridgehead atoms. The lowest BCUT2D eigenvalue weighted by Gasteiger charge is -2.08. The minimum absolute atomic E-state index is 0. The highest BCUT2D eigenvalue weighted by Crippen LogP contribution is 2.13. The van der Waals surface area contributed by atoms with Crippen molar-refractivity contribution in [3.05, 3.63) is 0 Å². The molecule has 136 valence electrons. The number of hydrogen-bond acceptors (Lipinski definition) is 2. The Morgan fingerprint density at radius 2 is 0.818 bits per heavy atom. The summed E-state index contributed by atoms with van der Waals surface area (Å²) in [6.07, 6.45) is 22.8. The highest BCUT2D eigenvalue weighted by atomic mass is 35.5. The van der Waals surface area contributed by atoms with E-state index in [1.807, 2.05) is 7.05 Å². The number of halogens is 1. The first-order valence-corrected chi connectivity index (χ1v) is 9.73. The first-order valence-electron chi connectivity index (χ1n) is 9.73. The summed E-state index contributed by atoms with van der Waals surface area (Å²) >= 11 is 0. The summed E-state index contributed by atoms with van der Waals surface area (Å²) in [7, 11) is 1.95. The van der Waals surface area contributed by atoms with Crippen LogP contribution in [0.2, 0.25) is 0 Å². The molecule has 0 radical (unpaired) electrons. The Morgan fingerprint density at radius 3 is 1.09 bits per heavy atom. The van der Waals surface area contributed by atoms with E-state index in [0.717, 1.165) is 6.54 Å². The van der Waals surface area contributed by atoms with Gasteiger partial charge in [0.25, 0.3) is 0 Å². The number of hydrogen-bond donors (Lipinski definition) is 1. The molecule has 0 aromatic rings. The van der Waals surface area contributed by atoms with E-state index in [9.17, 15) is 0 Å². The van der Waals surface area contributed by atoms with Crippen LogP contribution in [-0.4, -0.2) is 18.6 Å². The van der Waals surface area contributed by atoms with Crippen molar-refractivity contribution in [2.45, 2.75) is 110 Å². The fourth-order valence-electron chi connectivity index (χ4n) is 2.91. The average Bonchev–Trinajstić information content (AvgIpc) is 2.46. The van der Waals surface area contributed by atoms with Gasteiger partial charge in [0.2, 0.25) is 0 Å². The maximum absolute atomic E-state index is 5.59. The van der Waals surface area contributed by atoms with Crippen molar-refractivity contribution in [2.75, 3.05) is 13.6 Å². The van der Waals surface area contributed by atoms with Gasteiger partial charge in [-0.25, -0.2) is 0 Å². The Balaban J connectivity index is 0. The van der Waals surface area contributed by atoms with Crippen LogP contribution < -0.4 is 5.84 Å². The molecular formula is C19H43ClN2. The molecule has 0 heterocycles. The Morgan fingerprint density at radius 1 is 0.545 bits per heavy atom. The smallest absolute Gasteiger partial charge is 0.0125 e. The van der Waals surface area contributed by atoms with Crippen molar-refractivity contribution < 1.29 is 0 Å². The molecule has 2 nitrogen and oxygen atoms in total. The Hall–Kier alpha value is 0.210. The van der Waals surface area contributed by atoms with Crippen molar-refractivity contribution in [3.63, 3.8) is 0 Å². The van der Waals surface area contributed by atoms with Crippen LogP contribution in [-0.2, 0) is 0 Å². The van der Waals surface area contributed by atoms with Gasteiger partial charge >= 0.3 is 0 Å². The van der Waals surface area contributed by atoms with Crippen molar-refractivity contribution in [1.82, 2.24) is 5.01 Å². The molecule has 0 unspecified atom stereocenters. The van der Waals surface area contributed by atoms with Crippen molar-refractivity contribution in [3.8, 4) is 0 Å². The van der Waals surface area contributed by atoms with Crippen LogP contribution in [0.15, 0.2) is 0 Å². The number of unbranched alkanes of at least 4 members (excludes halogenated alkanes) is 15. The van der Waals surface area contributed by atoms with Crippen LogP contribution in [0.3, 0.4) is 0 Å². The van der Waals surface area contributed by atoms with Crippen LogP contribution in [0.1, 0.15) is 110 Å². The summed E-state index contributed by atoms with van der Waals surface area (Å²) in [6, 6.07) is 0. The minimum Gasteiger partial charge on any atom is -0.269 e. The van der Waals surface area contributed by atoms with Gasteiger partial charge in [0, 0.05) is 13.6 Å². The Kier molecular flexibility index (Phi) is 23.6. The van der Waals surface area contributed by atoms with Crippen LogP contribution in [0.25, 0.3) is 0 Å². The van der Waals surface area contributed by atoms with E-state index in [1.165, 1.54) is 103 Å². The van der Waals surface area contributed by atoms with E-state index in [2.05, 4.69) is 6.92 Å². The van der Waals surface area contributed by atoms with Crippen LogP contribution >= 0.6 is 12.4 Å². The van der Waals surface area contributed by atoms with Crippen LogP contribution in [0, 0.1) is 0 Å². The maximum Gasteiger partial charge on any atom is 0.0125 e. The molecule has 0 spiro atoms. The molecule has 0 fully saturated rings. The molecular weight excluding hydrogens is 292 g/mol. The summed E-state index contributed by atoms with van der Waals surface area (Å²) in [6.45, 7) is 3.33. The van der Waals surface area contributed by atoms with Gasteiger partial charge < -0.3 is 0 Å². The quantitative estimate of drug-likeness (QED) is 0.187. The molecule has 0 aromatic carbocycles. The zero-order valence-corrected chi connectivity index (χ0v) is 16.3. The molecule has 0 atom stereocenters. The second kappa shape index (κ2) is 21.2. The van der Waals surface area contributed by atoms with Gasteiger partial charge in [-0.15, -0.1) is 12.4 Å². The predicted octanol–water partition coefficient (Wildman–Crippen LogP) is 6.48. The lowest BCUT2D eigenvalue weighted by Crippen LogP contribution is -2.26. The highest BCUT2D eigenvalue weighted by Gasteiger charge is 1.95. The molecule has 0 amide bonds. The Bertz CT molecular complexity index is 186. The predicted molar refractivity (Wildman–Crippen MR) is 104 cm³/mol. The zero-order valence-electron chi connectivity index (χ0n) is 15.5. The SMILES string of the molecule is CCCCCCCCCCCCCCCCCCN(C)N.Cl. The van der Waals surface area contributed by atoms with Gasteiger partial charge in [0.05, 0.1) is 0 Å². The van der Waals surface area contributed by atoms with Crippen LogP contribution in [0.5, 0.6) is 0 Å². The van der Waals surface area contributed by atoms with Gasteiger partial charge in [-0.1, -0.05) is 103 Å². The van der Waals surface area contributed by atoms with Gasteiger partial charge in [0.15, 0.2) is 0 Å². The van der Waals surface area contributed by atoms with Gasteiger partial charge in [-0.3, -0.25) is 10.9 Å². The van der Waals surface area contributed by atoms with E-state index in [0.29, 0.717) is 0 Å². The monoisotopic (exact) mass is 334 g/mol. The Labute approximate surface area is 147 Å². The van der Waals surface area contributed by atoms with Crippen molar-refractivity contribution >= 4 is 12.4 Å². The van der Waals surface area contributed by atoms with E-state index >= 15 is 0 Å². The van der Waals surface area contributed by atoms with Crippen molar-refractivity contribution in [1.29, 1.82) is 0 Å². The average molecular weight is 335 g/mol. The van der Waals surface area contributed by atoms with Crippen molar-refractivity contribution in [2.24, 2.45) is 5.84 Å². The number of rotatable bonds is 17. The van der Waals surface area contributed by atoms with E-state index in [1.54, 1.807) is 5.01 Å². The third-order valence-corrected chi connectivity index (χ3v) is 4.36. The fourth-order valence-corrected chi connectivity index (χ4v) is 2.91. The molecule has 22 heavy (non-hydrogen) atoms. The van der Waals surface area contributed by atoms with Gasteiger partial charge in [0.1, 0.15) is 0 Å². The fraction of sp³-hybridized carbons (Fsp3) is 1.00. The third kappa shape index (κ3) is 22.5. The van der Waals surface area contributed by atoms with Crippen LogP contribution in [0.4, 0.5) is 0 Å². The summed E-state index contributed by atoms with van der Waals surface area (Å²) < 4.78 is 0. The summed E-state index contributed by atoms with van der Waals surface area (Å²) in [5.41, 5.74) is 0. The second-order valence-electron chi connectivity index (χ2n) is 6.78. The summed E-state index contributed by atoms with van der Waals surface area (Å²) in [5, 5.41) is 1.80. The summed E-state index contributed by atoms with van der Waals surface area (Å²) in [4.78, 5) is 0. The topological polar surface area (TPSA) is 29.3 Å². The molecule has 3 heteroatoms. The number of nitrogens with two attached hydrogens (primary N) is 1. The lowest BCUT2D eigenvalue weighted by atomic mass is 10.0. The molecule has 0 aliphatic heterocycles. The normalized spacial score (nSPS) is 10.9. The van der Waals surface area contributed by atoms with Gasteiger partial charge in [-0.05, 0) is 6.42 Å². The van der Waals surface area contributed by atoms with E-state index in [-0.39, 0.29) is 12.4 Å². The molecule has 0 aromatic heterocycles. The number of hydrazine groups is 1. The molecule has 2 N–H and O–H groups in total. The van der Waals surface area contributed by atoms with E-state index < -0.39 is 0 Å². The largest absolute Gasteiger partial charge is 0.269 e. The molecule has 0 saturated heterocycles. The first kappa shape index (κ1) is 24.5. The zero-order chi connectivity index (χ0) is 15.6. The highest BCUT2D eigenvalue weighted by molar-refractivity contribution is 5.85.